The number of unbranched alkanes of at least 4 members (excludes halogenated alkanes) is 2. The summed E-state index contributed by atoms with van der Waals surface area (Å²) < 4.78 is 21.2. The van der Waals surface area contributed by atoms with Crippen LogP contribution in [-0.4, -0.2) is 50.1 Å². The molecule has 28 heavy (non-hydrogen) atoms. The summed E-state index contributed by atoms with van der Waals surface area (Å²) in [6, 6.07) is 5.04. The Morgan fingerprint density at radius 3 is 2.04 bits per heavy atom. The van der Waals surface area contributed by atoms with Gasteiger partial charge < -0.3 is 24.1 Å². The molecule has 0 amide bonds. The van der Waals surface area contributed by atoms with Crippen LogP contribution in [0.1, 0.15) is 45.1 Å². The van der Waals surface area contributed by atoms with Crippen LogP contribution in [0.3, 0.4) is 0 Å². The van der Waals surface area contributed by atoms with Gasteiger partial charge in [0.1, 0.15) is 0 Å². The Morgan fingerprint density at radius 1 is 0.929 bits per heavy atom. The molecular formula is C21H30O7. The van der Waals surface area contributed by atoms with E-state index in [0.29, 0.717) is 24.7 Å². The van der Waals surface area contributed by atoms with E-state index in [1.807, 2.05) is 13.8 Å². The maximum atomic E-state index is 11.8. The number of aliphatic hydroxyl groups excluding tert-OH is 1. The van der Waals surface area contributed by atoms with Gasteiger partial charge in [-0.1, -0.05) is 44.9 Å². The minimum atomic E-state index is -0.477. The van der Waals surface area contributed by atoms with Gasteiger partial charge in [0.25, 0.3) is 0 Å². The van der Waals surface area contributed by atoms with Crippen LogP contribution in [0.15, 0.2) is 24.3 Å². The van der Waals surface area contributed by atoms with Crippen molar-refractivity contribution < 1.29 is 33.6 Å². The van der Waals surface area contributed by atoms with Crippen molar-refractivity contribution in [2.75, 3.05) is 33.0 Å². The summed E-state index contributed by atoms with van der Waals surface area (Å²) in [4.78, 5) is 23.5. The van der Waals surface area contributed by atoms with Gasteiger partial charge in [0, 0.05) is 0 Å². The van der Waals surface area contributed by atoms with E-state index in [2.05, 4.69) is 0 Å². The molecule has 156 valence electrons. The molecule has 0 saturated carbocycles. The number of hydrogen-bond donors (Lipinski definition) is 1. The largest absolute Gasteiger partial charge is 0.478 e. The Kier molecular flexibility index (Phi) is 12.2. The fourth-order valence-corrected chi connectivity index (χ4v) is 2.07. The Hall–Kier alpha value is -2.54. The van der Waals surface area contributed by atoms with Gasteiger partial charge in [0.15, 0.2) is 24.7 Å². The monoisotopic (exact) mass is 394 g/mol. The van der Waals surface area contributed by atoms with Crippen molar-refractivity contribution in [2.24, 2.45) is 0 Å². The van der Waals surface area contributed by atoms with Crippen LogP contribution >= 0.6 is 0 Å². The van der Waals surface area contributed by atoms with Crippen molar-refractivity contribution >= 4 is 18.0 Å². The van der Waals surface area contributed by atoms with Gasteiger partial charge in [-0.3, -0.25) is 0 Å². The molecule has 0 spiro atoms. The summed E-state index contributed by atoms with van der Waals surface area (Å²) in [5.74, 6) is -0.332. The highest BCUT2D eigenvalue weighted by molar-refractivity contribution is 5.72. The lowest BCUT2D eigenvalue weighted by molar-refractivity contribution is -0.147. The topological polar surface area (TPSA) is 91.3 Å². The lowest BCUT2D eigenvalue weighted by Crippen LogP contribution is -2.18. The van der Waals surface area contributed by atoms with Crippen LogP contribution in [-0.2, 0) is 19.1 Å². The number of aliphatic hydroxyl groups is 1. The van der Waals surface area contributed by atoms with Crippen LogP contribution < -0.4 is 9.47 Å². The van der Waals surface area contributed by atoms with Crippen molar-refractivity contribution in [3.05, 3.63) is 29.8 Å². The van der Waals surface area contributed by atoms with E-state index in [0.717, 1.165) is 31.2 Å². The Labute approximate surface area is 166 Å². The standard InChI is InChI=1S/C21H30O7/c1-3-5-12-25-20(23)15-27-18-10-9-17(8-7-11-22)14-19(18)28-16-21(24)26-13-6-4-2/h7-10,14,22H,3-6,11-13,15-16H2,1-2H3. The van der Waals surface area contributed by atoms with Gasteiger partial charge in [-0.25, -0.2) is 9.59 Å². The van der Waals surface area contributed by atoms with Gasteiger partial charge in [-0.2, -0.15) is 0 Å². The zero-order valence-electron chi connectivity index (χ0n) is 16.6. The van der Waals surface area contributed by atoms with Gasteiger partial charge in [-0.15, -0.1) is 0 Å². The molecule has 0 aromatic heterocycles. The van der Waals surface area contributed by atoms with Crippen molar-refractivity contribution in [1.29, 1.82) is 0 Å². The normalized spacial score (nSPS) is 10.7. The van der Waals surface area contributed by atoms with E-state index in [1.54, 1.807) is 30.4 Å². The molecule has 0 fully saturated rings. The van der Waals surface area contributed by atoms with Crippen LogP contribution in [0.5, 0.6) is 11.5 Å². The first-order valence-corrected chi connectivity index (χ1v) is 9.59. The summed E-state index contributed by atoms with van der Waals surface area (Å²) >= 11 is 0. The number of benzene rings is 1. The van der Waals surface area contributed by atoms with E-state index in [9.17, 15) is 9.59 Å². The minimum absolute atomic E-state index is 0.0954. The zero-order valence-corrected chi connectivity index (χ0v) is 16.6. The lowest BCUT2D eigenvalue weighted by atomic mass is 10.2. The second-order valence-corrected chi connectivity index (χ2v) is 6.02. The van der Waals surface area contributed by atoms with Gasteiger partial charge >= 0.3 is 11.9 Å². The van der Waals surface area contributed by atoms with Gasteiger partial charge in [-0.05, 0) is 30.5 Å². The molecule has 0 saturated heterocycles. The third-order valence-electron chi connectivity index (χ3n) is 3.60. The molecule has 7 nitrogen and oxygen atoms in total. The fraction of sp³-hybridized carbons (Fsp3) is 0.524. The summed E-state index contributed by atoms with van der Waals surface area (Å²) in [7, 11) is 0. The van der Waals surface area contributed by atoms with E-state index in [1.165, 1.54) is 0 Å². The fourth-order valence-electron chi connectivity index (χ4n) is 2.07. The molecule has 0 bridgehead atoms. The molecule has 1 aromatic carbocycles. The predicted molar refractivity (Wildman–Crippen MR) is 105 cm³/mol. The van der Waals surface area contributed by atoms with Crippen molar-refractivity contribution in [3.63, 3.8) is 0 Å². The number of rotatable bonds is 14. The lowest BCUT2D eigenvalue weighted by Gasteiger charge is -2.13. The summed E-state index contributed by atoms with van der Waals surface area (Å²) in [6.45, 7) is 4.10. The summed E-state index contributed by atoms with van der Waals surface area (Å²) in [5, 5.41) is 8.91. The van der Waals surface area contributed by atoms with Gasteiger partial charge in [0.2, 0.25) is 0 Å². The zero-order chi connectivity index (χ0) is 20.6. The molecule has 1 N–H and O–H groups in total. The Bertz CT molecular complexity index is 625. The third-order valence-corrected chi connectivity index (χ3v) is 3.60. The third kappa shape index (κ3) is 9.97. The molecule has 0 atom stereocenters. The van der Waals surface area contributed by atoms with E-state index in [4.69, 9.17) is 24.1 Å². The summed E-state index contributed by atoms with van der Waals surface area (Å²) in [5.41, 5.74) is 0.751. The first kappa shape index (κ1) is 23.5. The number of carbonyl (C=O) groups is 2. The molecule has 0 aliphatic carbocycles. The Balaban J connectivity index is 2.71. The number of esters is 2. The first-order valence-electron chi connectivity index (χ1n) is 9.59. The van der Waals surface area contributed by atoms with E-state index >= 15 is 0 Å². The maximum absolute atomic E-state index is 11.8. The highest BCUT2D eigenvalue weighted by Gasteiger charge is 2.12. The average molecular weight is 394 g/mol. The van der Waals surface area contributed by atoms with E-state index < -0.39 is 11.9 Å². The highest BCUT2D eigenvalue weighted by atomic mass is 16.6. The van der Waals surface area contributed by atoms with Crippen LogP contribution in [0.4, 0.5) is 0 Å². The maximum Gasteiger partial charge on any atom is 0.344 e. The van der Waals surface area contributed by atoms with Gasteiger partial charge in [0.05, 0.1) is 19.8 Å². The number of hydrogen-bond acceptors (Lipinski definition) is 7. The number of carbonyl (C=O) groups excluding carboxylic acids is 2. The molecule has 0 heterocycles. The Morgan fingerprint density at radius 2 is 1.50 bits per heavy atom. The second kappa shape index (κ2) is 14.5. The van der Waals surface area contributed by atoms with Crippen LogP contribution in [0, 0.1) is 0 Å². The molecule has 7 heteroatoms. The molecule has 0 radical (unpaired) electrons. The minimum Gasteiger partial charge on any atom is -0.478 e. The highest BCUT2D eigenvalue weighted by Crippen LogP contribution is 2.29. The molecule has 0 aliphatic rings. The first-order chi connectivity index (χ1) is 13.6. The molecule has 1 rings (SSSR count). The smallest absolute Gasteiger partial charge is 0.344 e. The summed E-state index contributed by atoms with van der Waals surface area (Å²) in [6.07, 6.45) is 6.73. The number of ether oxygens (including phenoxy) is 4. The van der Waals surface area contributed by atoms with Crippen LogP contribution in [0.25, 0.3) is 6.08 Å². The molecule has 0 unspecified atom stereocenters. The predicted octanol–water partition coefficient (Wildman–Crippen LogP) is 3.14. The second-order valence-electron chi connectivity index (χ2n) is 6.02. The molecule has 1 aromatic rings. The van der Waals surface area contributed by atoms with E-state index in [-0.39, 0.29) is 19.8 Å². The SMILES string of the molecule is CCCCOC(=O)COc1ccc(C=CCO)cc1OCC(=O)OCCCC. The van der Waals surface area contributed by atoms with Crippen molar-refractivity contribution in [2.45, 2.75) is 39.5 Å². The van der Waals surface area contributed by atoms with Crippen LogP contribution in [0.2, 0.25) is 0 Å². The molecular weight excluding hydrogens is 364 g/mol. The average Bonchev–Trinajstić information content (AvgIpc) is 2.70. The van der Waals surface area contributed by atoms with Crippen molar-refractivity contribution in [3.8, 4) is 11.5 Å². The quantitative estimate of drug-likeness (QED) is 0.383. The molecule has 0 aliphatic heterocycles. The van der Waals surface area contributed by atoms with Crippen molar-refractivity contribution in [1.82, 2.24) is 0 Å².